The highest BCUT2D eigenvalue weighted by atomic mass is 35.5. The Kier molecular flexibility index (Phi) is 4.06. The Balaban J connectivity index is 2.54. The molecule has 0 fully saturated rings. The van der Waals surface area contributed by atoms with Gasteiger partial charge in [-0.2, -0.15) is 0 Å². The molecular weight excluding hydrogens is 322 g/mol. The first-order chi connectivity index (χ1) is 9.73. The number of rotatable bonds is 3. The summed E-state index contributed by atoms with van der Waals surface area (Å²) in [7, 11) is -2.85. The van der Waals surface area contributed by atoms with E-state index in [-0.39, 0.29) is 21.3 Å². The first-order valence-electron chi connectivity index (χ1n) is 5.72. The Morgan fingerprint density at radius 3 is 2.48 bits per heavy atom. The van der Waals surface area contributed by atoms with Crippen LogP contribution in [-0.4, -0.2) is 15.5 Å². The van der Waals surface area contributed by atoms with E-state index in [1.165, 1.54) is 25.2 Å². The lowest BCUT2D eigenvalue weighted by Crippen LogP contribution is -2.27. The lowest BCUT2D eigenvalue weighted by atomic mass is 10.3. The molecule has 21 heavy (non-hydrogen) atoms. The van der Waals surface area contributed by atoms with Crippen molar-refractivity contribution >= 4 is 33.0 Å². The number of nitrogens with two attached hydrogens (primary N) is 1. The molecule has 0 saturated heterocycles. The number of hydrogen-bond acceptors (Lipinski definition) is 3. The van der Waals surface area contributed by atoms with E-state index in [0.717, 1.165) is 22.5 Å². The van der Waals surface area contributed by atoms with Crippen molar-refractivity contribution in [1.82, 2.24) is 0 Å². The van der Waals surface area contributed by atoms with E-state index < -0.39 is 21.7 Å². The molecule has 0 unspecified atom stereocenters. The maximum atomic E-state index is 13.3. The predicted octanol–water partition coefficient (Wildman–Crippen LogP) is 3.03. The van der Waals surface area contributed by atoms with Crippen molar-refractivity contribution in [3.8, 4) is 0 Å². The minimum absolute atomic E-state index is 0.106. The first-order valence-corrected chi connectivity index (χ1v) is 7.54. The Hall–Kier alpha value is -1.86. The molecule has 0 saturated carbocycles. The lowest BCUT2D eigenvalue weighted by Gasteiger charge is -2.20. The lowest BCUT2D eigenvalue weighted by molar-refractivity contribution is 0.593. The van der Waals surface area contributed by atoms with Crippen molar-refractivity contribution in [1.29, 1.82) is 0 Å². The van der Waals surface area contributed by atoms with Gasteiger partial charge in [0.05, 0.1) is 16.4 Å². The fourth-order valence-electron chi connectivity index (χ4n) is 1.70. The first kappa shape index (κ1) is 15.5. The van der Waals surface area contributed by atoms with Gasteiger partial charge < -0.3 is 5.73 Å². The molecule has 0 heterocycles. The highest BCUT2D eigenvalue weighted by Gasteiger charge is 2.25. The van der Waals surface area contributed by atoms with Gasteiger partial charge in [-0.05, 0) is 30.3 Å². The van der Waals surface area contributed by atoms with E-state index in [0.29, 0.717) is 0 Å². The van der Waals surface area contributed by atoms with Gasteiger partial charge in [0.1, 0.15) is 16.5 Å². The molecule has 0 radical (unpaired) electrons. The monoisotopic (exact) mass is 332 g/mol. The van der Waals surface area contributed by atoms with Gasteiger partial charge >= 0.3 is 0 Å². The number of benzene rings is 2. The Labute approximate surface area is 125 Å². The van der Waals surface area contributed by atoms with Gasteiger partial charge in [0.2, 0.25) is 0 Å². The molecule has 2 N–H and O–H groups in total. The third-order valence-electron chi connectivity index (χ3n) is 2.86. The van der Waals surface area contributed by atoms with Crippen molar-refractivity contribution in [2.24, 2.45) is 0 Å². The smallest absolute Gasteiger partial charge is 0.265 e. The van der Waals surface area contributed by atoms with Crippen LogP contribution in [0.4, 0.5) is 20.2 Å². The summed E-state index contributed by atoms with van der Waals surface area (Å²) in [5, 5.41) is -0.301. The molecule has 2 aromatic rings. The molecule has 2 aromatic carbocycles. The van der Waals surface area contributed by atoms with Crippen LogP contribution in [0.15, 0.2) is 41.3 Å². The Morgan fingerprint density at radius 2 is 1.86 bits per heavy atom. The summed E-state index contributed by atoms with van der Waals surface area (Å²) in [4.78, 5) is -0.352. The number of anilines is 2. The summed E-state index contributed by atoms with van der Waals surface area (Å²) in [6.45, 7) is 0. The molecule has 0 spiro atoms. The third-order valence-corrected chi connectivity index (χ3v) is 5.11. The minimum Gasteiger partial charge on any atom is -0.396 e. The van der Waals surface area contributed by atoms with E-state index in [2.05, 4.69) is 0 Å². The quantitative estimate of drug-likeness (QED) is 0.879. The molecule has 0 aliphatic heterocycles. The fourth-order valence-corrected chi connectivity index (χ4v) is 3.41. The number of nitrogens with zero attached hydrogens (tertiary/aromatic N) is 1. The Morgan fingerprint density at radius 1 is 1.19 bits per heavy atom. The highest BCUT2D eigenvalue weighted by Crippen LogP contribution is 2.30. The van der Waals surface area contributed by atoms with Crippen LogP contribution in [0.2, 0.25) is 5.02 Å². The van der Waals surface area contributed by atoms with Crippen molar-refractivity contribution in [2.75, 3.05) is 17.1 Å². The zero-order valence-electron chi connectivity index (χ0n) is 10.8. The number of hydrogen-bond donors (Lipinski definition) is 1. The van der Waals surface area contributed by atoms with Crippen molar-refractivity contribution in [2.45, 2.75) is 4.90 Å². The van der Waals surface area contributed by atoms with Crippen molar-refractivity contribution in [3.05, 3.63) is 53.1 Å². The van der Waals surface area contributed by atoms with Crippen LogP contribution in [-0.2, 0) is 10.0 Å². The molecule has 0 aliphatic rings. The van der Waals surface area contributed by atoms with Crippen molar-refractivity contribution in [3.63, 3.8) is 0 Å². The van der Waals surface area contributed by atoms with E-state index in [1.807, 2.05) is 0 Å². The molecule has 0 aliphatic carbocycles. The molecule has 2 rings (SSSR count). The largest absolute Gasteiger partial charge is 0.396 e. The molecule has 8 heteroatoms. The second-order valence-electron chi connectivity index (χ2n) is 4.26. The standard InChI is InChI=1S/C13H11ClF2N2O2S/c1-18(9-4-2-3-8(15)5-9)21(19,20)13-7-12(17)11(16)6-10(13)14/h2-7H,17H2,1H3. The summed E-state index contributed by atoms with van der Waals surface area (Å²) in [6, 6.07) is 6.79. The third kappa shape index (κ3) is 2.93. The molecule has 0 aromatic heterocycles. The summed E-state index contributed by atoms with van der Waals surface area (Å²) < 4.78 is 52.2. The fraction of sp³-hybridized carbons (Fsp3) is 0.0769. The number of nitrogen functional groups attached to an aromatic ring is 1. The molecule has 0 bridgehead atoms. The topological polar surface area (TPSA) is 63.4 Å². The molecule has 0 atom stereocenters. The second-order valence-corrected chi connectivity index (χ2v) is 6.60. The zero-order valence-corrected chi connectivity index (χ0v) is 12.4. The van der Waals surface area contributed by atoms with Crippen LogP contribution < -0.4 is 10.0 Å². The maximum absolute atomic E-state index is 13.3. The second kappa shape index (κ2) is 5.50. The van der Waals surface area contributed by atoms with Crippen LogP contribution in [0.3, 0.4) is 0 Å². The van der Waals surface area contributed by atoms with Crippen LogP contribution in [0.25, 0.3) is 0 Å². The van der Waals surface area contributed by atoms with Gasteiger partial charge in [0.15, 0.2) is 0 Å². The van der Waals surface area contributed by atoms with Gasteiger partial charge in [0, 0.05) is 7.05 Å². The minimum atomic E-state index is -4.09. The summed E-state index contributed by atoms with van der Waals surface area (Å²) >= 11 is 5.77. The number of sulfonamides is 1. The molecule has 0 amide bonds. The van der Waals surface area contributed by atoms with Crippen molar-refractivity contribution < 1.29 is 17.2 Å². The normalized spacial score (nSPS) is 11.4. The van der Waals surface area contributed by atoms with Gasteiger partial charge in [0.25, 0.3) is 10.0 Å². The van der Waals surface area contributed by atoms with Gasteiger partial charge in [-0.25, -0.2) is 17.2 Å². The van der Waals surface area contributed by atoms with Crippen LogP contribution in [0.1, 0.15) is 0 Å². The summed E-state index contributed by atoms with van der Waals surface area (Å²) in [5.74, 6) is -1.40. The predicted molar refractivity (Wildman–Crippen MR) is 77.8 cm³/mol. The average Bonchev–Trinajstić information content (AvgIpc) is 2.41. The number of halogens is 3. The molecular formula is C13H11ClF2N2O2S. The van der Waals surface area contributed by atoms with E-state index in [1.54, 1.807) is 0 Å². The van der Waals surface area contributed by atoms with Gasteiger partial charge in [-0.3, -0.25) is 4.31 Å². The van der Waals surface area contributed by atoms with E-state index >= 15 is 0 Å². The molecule has 4 nitrogen and oxygen atoms in total. The SMILES string of the molecule is CN(c1cccc(F)c1)S(=O)(=O)c1cc(N)c(F)cc1Cl. The average molecular weight is 333 g/mol. The van der Waals surface area contributed by atoms with Crippen LogP contribution in [0.5, 0.6) is 0 Å². The maximum Gasteiger partial charge on any atom is 0.265 e. The summed E-state index contributed by atoms with van der Waals surface area (Å²) in [6.07, 6.45) is 0. The van der Waals surface area contributed by atoms with Gasteiger partial charge in [-0.1, -0.05) is 17.7 Å². The van der Waals surface area contributed by atoms with Crippen LogP contribution >= 0.6 is 11.6 Å². The van der Waals surface area contributed by atoms with Crippen LogP contribution in [0, 0.1) is 11.6 Å². The zero-order chi connectivity index (χ0) is 15.8. The Bertz CT molecular complexity index is 797. The van der Waals surface area contributed by atoms with E-state index in [9.17, 15) is 17.2 Å². The molecule has 112 valence electrons. The van der Waals surface area contributed by atoms with E-state index in [4.69, 9.17) is 17.3 Å². The summed E-state index contributed by atoms with van der Waals surface area (Å²) in [5.41, 5.74) is 5.14. The highest BCUT2D eigenvalue weighted by molar-refractivity contribution is 7.93. The van der Waals surface area contributed by atoms with Gasteiger partial charge in [-0.15, -0.1) is 0 Å².